The summed E-state index contributed by atoms with van der Waals surface area (Å²) in [5, 5.41) is 10.4. The van der Waals surface area contributed by atoms with Crippen molar-refractivity contribution in [2.75, 3.05) is 50.2 Å². The molecule has 6 heterocycles. The van der Waals surface area contributed by atoms with Gasteiger partial charge in [-0.3, -0.25) is 4.90 Å². The third-order valence-corrected chi connectivity index (χ3v) is 11.2. The lowest BCUT2D eigenvalue weighted by Gasteiger charge is -2.33. The van der Waals surface area contributed by atoms with E-state index in [1.165, 1.54) is 12.1 Å². The second-order valence-electron chi connectivity index (χ2n) is 12.5. The summed E-state index contributed by atoms with van der Waals surface area (Å²) in [5.74, 6) is 1.89. The van der Waals surface area contributed by atoms with E-state index in [1.54, 1.807) is 0 Å². The molecule has 8 rings (SSSR count). The number of nitrogen functional groups attached to an aromatic ring is 1. The number of halogens is 3. The number of terminal acetylenes is 1. The molecule has 0 amide bonds. The largest absolute Gasteiger partial charge is 0.488 e. The minimum Gasteiger partial charge on any atom is -0.488 e. The molecule has 0 radical (unpaired) electrons. The van der Waals surface area contributed by atoms with Crippen LogP contribution in [0.4, 0.5) is 19.6 Å². The summed E-state index contributed by atoms with van der Waals surface area (Å²) in [6, 6.07) is 3.85. The fourth-order valence-corrected chi connectivity index (χ4v) is 8.98. The van der Waals surface area contributed by atoms with Crippen LogP contribution in [0.1, 0.15) is 31.2 Å². The molecule has 3 fully saturated rings. The SMILES string of the molecule is C#C[C@H]1COc2c(Cl)c(-c3ccc(F)c4sc(N)c(C#N)c34)c(F)c3nc(OC[C@@]45CCCN4CC(=C)C5)nc(c23)N1C1CCOC1. The van der Waals surface area contributed by atoms with E-state index in [2.05, 4.69) is 22.4 Å². The number of anilines is 2. The number of hydrogen-bond donors (Lipinski definition) is 1. The van der Waals surface area contributed by atoms with Crippen LogP contribution < -0.4 is 20.1 Å². The van der Waals surface area contributed by atoms with Crippen molar-refractivity contribution in [2.45, 2.75) is 43.3 Å². The summed E-state index contributed by atoms with van der Waals surface area (Å²) < 4.78 is 50.7. The predicted octanol–water partition coefficient (Wildman–Crippen LogP) is 6.06. The molecule has 2 aromatic heterocycles. The Morgan fingerprint density at radius 3 is 2.89 bits per heavy atom. The number of nitrogens with zero attached hydrogens (tertiary/aromatic N) is 5. The number of thiophene rings is 1. The molecular weight excluding hydrogens is 646 g/mol. The van der Waals surface area contributed by atoms with Gasteiger partial charge in [0.05, 0.1) is 38.9 Å². The first kappa shape index (κ1) is 30.2. The molecular formula is C34H29ClF2N6O3S. The van der Waals surface area contributed by atoms with Gasteiger partial charge < -0.3 is 24.8 Å². The molecule has 4 aromatic rings. The quantitative estimate of drug-likeness (QED) is 0.200. The summed E-state index contributed by atoms with van der Waals surface area (Å²) in [6.07, 6.45) is 9.52. The van der Waals surface area contributed by atoms with E-state index in [1.807, 2.05) is 11.0 Å². The topological polar surface area (TPSA) is 110 Å². The second-order valence-corrected chi connectivity index (χ2v) is 14.0. The van der Waals surface area contributed by atoms with Gasteiger partial charge in [0.2, 0.25) is 0 Å². The molecule has 4 aliphatic rings. The first-order chi connectivity index (χ1) is 22.7. The van der Waals surface area contributed by atoms with E-state index in [4.69, 9.17) is 43.0 Å². The maximum Gasteiger partial charge on any atom is 0.319 e. The fraction of sp³-hybridized carbons (Fsp3) is 0.382. The number of nitriles is 1. The van der Waals surface area contributed by atoms with Gasteiger partial charge in [-0.1, -0.05) is 35.7 Å². The van der Waals surface area contributed by atoms with Gasteiger partial charge in [0.1, 0.15) is 47.5 Å². The van der Waals surface area contributed by atoms with Crippen LogP contribution in [-0.4, -0.2) is 72.0 Å². The average molecular weight is 675 g/mol. The number of benzene rings is 2. The first-order valence-corrected chi connectivity index (χ1v) is 16.6. The van der Waals surface area contributed by atoms with Gasteiger partial charge in [0, 0.05) is 24.1 Å². The zero-order valence-corrected chi connectivity index (χ0v) is 26.8. The monoisotopic (exact) mass is 674 g/mol. The minimum absolute atomic E-state index is 0.0207. The molecule has 1 unspecified atom stereocenters. The smallest absolute Gasteiger partial charge is 0.319 e. The maximum absolute atomic E-state index is 17.2. The second kappa shape index (κ2) is 11.2. The lowest BCUT2D eigenvalue weighted by molar-refractivity contribution is 0.108. The van der Waals surface area contributed by atoms with E-state index in [-0.39, 0.29) is 77.7 Å². The zero-order chi connectivity index (χ0) is 32.6. The minimum atomic E-state index is -0.802. The van der Waals surface area contributed by atoms with Gasteiger partial charge in [-0.15, -0.1) is 17.8 Å². The summed E-state index contributed by atoms with van der Waals surface area (Å²) in [6.45, 7) is 7.22. The Balaban J connectivity index is 1.37. The van der Waals surface area contributed by atoms with Crippen LogP contribution in [0.3, 0.4) is 0 Å². The van der Waals surface area contributed by atoms with Crippen molar-refractivity contribution in [1.29, 1.82) is 5.26 Å². The van der Waals surface area contributed by atoms with Crippen molar-refractivity contribution in [3.63, 3.8) is 0 Å². The van der Waals surface area contributed by atoms with Gasteiger partial charge in [0.25, 0.3) is 0 Å². The van der Waals surface area contributed by atoms with E-state index < -0.39 is 17.7 Å². The summed E-state index contributed by atoms with van der Waals surface area (Å²) in [5.41, 5.74) is 7.03. The van der Waals surface area contributed by atoms with Gasteiger partial charge in [0.15, 0.2) is 11.6 Å². The fourth-order valence-electron chi connectivity index (χ4n) is 7.70. The molecule has 47 heavy (non-hydrogen) atoms. The normalized spacial score (nSPS) is 23.9. The summed E-state index contributed by atoms with van der Waals surface area (Å²) in [7, 11) is 0. The highest BCUT2D eigenvalue weighted by Crippen LogP contribution is 2.51. The zero-order valence-electron chi connectivity index (χ0n) is 25.2. The van der Waals surface area contributed by atoms with Crippen molar-refractivity contribution in [2.24, 2.45) is 0 Å². The van der Waals surface area contributed by atoms with Crippen LogP contribution in [0.5, 0.6) is 11.8 Å². The van der Waals surface area contributed by atoms with Crippen LogP contribution in [0.25, 0.3) is 32.1 Å². The van der Waals surface area contributed by atoms with Crippen molar-refractivity contribution in [3.05, 3.63) is 46.5 Å². The lowest BCUT2D eigenvalue weighted by Crippen LogP contribution is -2.46. The number of aromatic nitrogens is 2. The molecule has 4 aliphatic heterocycles. The summed E-state index contributed by atoms with van der Waals surface area (Å²) in [4.78, 5) is 13.8. The number of fused-ring (bicyclic) bond motifs is 2. The predicted molar refractivity (Wildman–Crippen MR) is 177 cm³/mol. The molecule has 13 heteroatoms. The van der Waals surface area contributed by atoms with Gasteiger partial charge in [-0.05, 0) is 43.9 Å². The van der Waals surface area contributed by atoms with Crippen LogP contribution in [0.15, 0.2) is 24.3 Å². The van der Waals surface area contributed by atoms with Crippen molar-refractivity contribution in [3.8, 4) is 41.3 Å². The molecule has 3 saturated heterocycles. The number of ether oxygens (including phenoxy) is 3. The first-order valence-electron chi connectivity index (χ1n) is 15.4. The molecule has 0 aliphatic carbocycles. The van der Waals surface area contributed by atoms with E-state index in [9.17, 15) is 9.65 Å². The molecule has 0 saturated carbocycles. The Labute approximate surface area is 278 Å². The van der Waals surface area contributed by atoms with Gasteiger partial charge in [-0.25, -0.2) is 8.78 Å². The molecule has 0 spiro atoms. The highest BCUT2D eigenvalue weighted by molar-refractivity contribution is 7.23. The Bertz CT molecular complexity index is 2090. The highest BCUT2D eigenvalue weighted by Gasteiger charge is 2.47. The van der Waals surface area contributed by atoms with Crippen LogP contribution in [-0.2, 0) is 4.74 Å². The van der Waals surface area contributed by atoms with E-state index in [0.717, 1.165) is 49.3 Å². The van der Waals surface area contributed by atoms with Crippen molar-refractivity contribution < 1.29 is 23.0 Å². The van der Waals surface area contributed by atoms with Gasteiger partial charge >= 0.3 is 6.01 Å². The summed E-state index contributed by atoms with van der Waals surface area (Å²) >= 11 is 7.96. The molecule has 3 atom stereocenters. The Kier molecular flexibility index (Phi) is 7.19. The van der Waals surface area contributed by atoms with Crippen molar-refractivity contribution in [1.82, 2.24) is 14.9 Å². The van der Waals surface area contributed by atoms with Crippen LogP contribution in [0.2, 0.25) is 5.02 Å². The molecule has 2 N–H and O–H groups in total. The van der Waals surface area contributed by atoms with Crippen molar-refractivity contribution >= 4 is 54.7 Å². The van der Waals surface area contributed by atoms with Crippen LogP contribution >= 0.6 is 22.9 Å². The molecule has 240 valence electrons. The lowest BCUT2D eigenvalue weighted by atomic mass is 9.94. The van der Waals surface area contributed by atoms with E-state index in [0.29, 0.717) is 32.1 Å². The van der Waals surface area contributed by atoms with Crippen LogP contribution in [0, 0.1) is 35.3 Å². The molecule has 9 nitrogen and oxygen atoms in total. The number of hydrogen-bond acceptors (Lipinski definition) is 10. The van der Waals surface area contributed by atoms with Gasteiger partial charge in [-0.2, -0.15) is 15.2 Å². The maximum atomic E-state index is 17.2. The Hall–Kier alpha value is -4.20. The Morgan fingerprint density at radius 1 is 1.28 bits per heavy atom. The number of rotatable bonds is 5. The average Bonchev–Trinajstić information content (AvgIpc) is 3.82. The molecule has 2 aromatic carbocycles. The third kappa shape index (κ3) is 4.54. The standard InChI is InChI=1S/C34H29ClF2N6O3S/c1-3-18-15-45-29-25-28(27(37)24(26(29)35)20-5-6-22(36)30-23(20)21(12-38)31(39)47-30)40-33(41-32(25)43(18)19-7-10-44-14-19)46-16-34-8-4-9-42(34)13-17(2)11-34/h1,5-6,18-19H,2,4,7-11,13-16,39H2/t18-,19?,34-/m0/s1. The third-order valence-electron chi connectivity index (χ3n) is 9.80. The number of nitrogens with two attached hydrogens (primary N) is 1. The molecule has 0 bridgehead atoms. The highest BCUT2D eigenvalue weighted by atomic mass is 35.5. The Morgan fingerprint density at radius 2 is 2.13 bits per heavy atom. The van der Waals surface area contributed by atoms with E-state index >= 15 is 4.39 Å².